The minimum absolute atomic E-state index is 0.0142. The quantitative estimate of drug-likeness (QED) is 0.809. The van der Waals surface area contributed by atoms with Crippen LogP contribution in [-0.2, 0) is 10.1 Å². The second kappa shape index (κ2) is 4.33. The van der Waals surface area contributed by atoms with Gasteiger partial charge in [-0.25, -0.2) is 0 Å². The van der Waals surface area contributed by atoms with Crippen LogP contribution in [-0.4, -0.2) is 13.0 Å². The van der Waals surface area contributed by atoms with E-state index in [1.165, 1.54) is 0 Å². The van der Waals surface area contributed by atoms with E-state index < -0.39 is 10.1 Å². The number of rotatable bonds is 3. The normalized spacial score (nSPS) is 13.9. The molecule has 0 fully saturated rings. The zero-order valence-electron chi connectivity index (χ0n) is 9.19. The maximum atomic E-state index is 11.1. The minimum Gasteiger partial charge on any atom is -0.282 e. The van der Waals surface area contributed by atoms with Crippen molar-refractivity contribution in [3.63, 3.8) is 0 Å². The van der Waals surface area contributed by atoms with Gasteiger partial charge in [-0.2, -0.15) is 8.42 Å². The Labute approximate surface area is 90.9 Å². The molecule has 0 aromatic heterocycles. The molecule has 1 atom stereocenters. The lowest BCUT2D eigenvalue weighted by atomic mass is 9.98. The molecule has 1 N–H and O–H groups in total. The molecule has 1 unspecified atom stereocenters. The first-order chi connectivity index (χ1) is 6.86. The standard InChI is InChI=1S/C11H16O3S/c1-4-8(2)10-6-5-9(3)11(7-10)15(12,13)14/h5-8H,4H2,1-3H3,(H,12,13,14). The summed E-state index contributed by atoms with van der Waals surface area (Å²) in [5.41, 5.74) is 1.51. The van der Waals surface area contributed by atoms with Gasteiger partial charge in [-0.05, 0) is 36.5 Å². The largest absolute Gasteiger partial charge is 0.294 e. The monoisotopic (exact) mass is 228 g/mol. The number of hydrogen-bond acceptors (Lipinski definition) is 2. The molecule has 0 aliphatic carbocycles. The summed E-state index contributed by atoms with van der Waals surface area (Å²) in [6.07, 6.45) is 0.938. The fourth-order valence-corrected chi connectivity index (χ4v) is 2.20. The molecule has 1 aromatic carbocycles. The predicted octanol–water partition coefficient (Wildman–Crippen LogP) is 2.76. The molecular formula is C11H16O3S. The lowest BCUT2D eigenvalue weighted by Gasteiger charge is -2.11. The summed E-state index contributed by atoms with van der Waals surface area (Å²) in [7, 11) is -4.10. The molecule has 15 heavy (non-hydrogen) atoms. The van der Waals surface area contributed by atoms with Crippen LogP contribution in [0, 0.1) is 6.92 Å². The number of aryl methyl sites for hydroxylation is 1. The van der Waals surface area contributed by atoms with Crippen LogP contribution in [0.2, 0.25) is 0 Å². The number of benzene rings is 1. The zero-order chi connectivity index (χ0) is 11.6. The van der Waals surface area contributed by atoms with E-state index >= 15 is 0 Å². The van der Waals surface area contributed by atoms with E-state index in [0.717, 1.165) is 12.0 Å². The smallest absolute Gasteiger partial charge is 0.282 e. The average molecular weight is 228 g/mol. The molecule has 0 aliphatic heterocycles. The molecular weight excluding hydrogens is 212 g/mol. The first-order valence-corrected chi connectivity index (χ1v) is 6.38. The van der Waals surface area contributed by atoms with Gasteiger partial charge in [0.25, 0.3) is 10.1 Å². The Balaban J connectivity index is 3.29. The van der Waals surface area contributed by atoms with Crippen LogP contribution in [0.3, 0.4) is 0 Å². The lowest BCUT2D eigenvalue weighted by Crippen LogP contribution is -2.03. The molecule has 1 aromatic rings. The van der Waals surface area contributed by atoms with Gasteiger partial charge in [-0.15, -0.1) is 0 Å². The number of hydrogen-bond donors (Lipinski definition) is 1. The molecule has 0 amide bonds. The Morgan fingerprint density at radius 2 is 2.00 bits per heavy atom. The highest BCUT2D eigenvalue weighted by molar-refractivity contribution is 7.85. The van der Waals surface area contributed by atoms with Crippen molar-refractivity contribution in [1.29, 1.82) is 0 Å². The summed E-state index contributed by atoms with van der Waals surface area (Å²) >= 11 is 0. The first kappa shape index (κ1) is 12.2. The SMILES string of the molecule is CCC(C)c1ccc(C)c(S(=O)(=O)O)c1. The van der Waals surface area contributed by atoms with Crippen LogP contribution in [0.1, 0.15) is 37.3 Å². The van der Waals surface area contributed by atoms with Crippen LogP contribution >= 0.6 is 0 Å². The highest BCUT2D eigenvalue weighted by Gasteiger charge is 2.15. The van der Waals surface area contributed by atoms with Crippen LogP contribution in [0.25, 0.3) is 0 Å². The second-order valence-electron chi connectivity index (χ2n) is 3.81. The summed E-state index contributed by atoms with van der Waals surface area (Å²) in [5, 5.41) is 0. The lowest BCUT2D eigenvalue weighted by molar-refractivity contribution is 0.482. The van der Waals surface area contributed by atoms with Gasteiger partial charge in [0, 0.05) is 0 Å². The summed E-state index contributed by atoms with van der Waals surface area (Å²) in [6.45, 7) is 5.74. The second-order valence-corrected chi connectivity index (χ2v) is 5.20. The molecule has 1 rings (SSSR count). The molecule has 0 bridgehead atoms. The van der Waals surface area contributed by atoms with Crippen molar-refractivity contribution < 1.29 is 13.0 Å². The van der Waals surface area contributed by atoms with Gasteiger partial charge in [-0.1, -0.05) is 26.0 Å². The Kier molecular flexibility index (Phi) is 3.52. The zero-order valence-corrected chi connectivity index (χ0v) is 10.0. The van der Waals surface area contributed by atoms with E-state index in [4.69, 9.17) is 4.55 Å². The van der Waals surface area contributed by atoms with Gasteiger partial charge < -0.3 is 0 Å². The summed E-state index contributed by atoms with van der Waals surface area (Å²) in [4.78, 5) is 0.0142. The molecule has 4 heteroatoms. The molecule has 0 saturated heterocycles. The maximum absolute atomic E-state index is 11.1. The highest BCUT2D eigenvalue weighted by atomic mass is 32.2. The van der Waals surface area contributed by atoms with E-state index in [9.17, 15) is 8.42 Å². The van der Waals surface area contributed by atoms with Gasteiger partial charge in [0.2, 0.25) is 0 Å². The molecule has 0 saturated carbocycles. The Bertz CT molecular complexity index is 449. The third kappa shape index (κ3) is 2.79. The third-order valence-corrected chi connectivity index (χ3v) is 3.67. The fourth-order valence-electron chi connectivity index (χ4n) is 1.44. The van der Waals surface area contributed by atoms with Gasteiger partial charge in [-0.3, -0.25) is 4.55 Å². The van der Waals surface area contributed by atoms with Gasteiger partial charge in [0.05, 0.1) is 4.90 Å². The van der Waals surface area contributed by atoms with Crippen molar-refractivity contribution in [3.05, 3.63) is 29.3 Å². The van der Waals surface area contributed by atoms with Crippen molar-refractivity contribution in [3.8, 4) is 0 Å². The molecule has 0 spiro atoms. The summed E-state index contributed by atoms with van der Waals surface area (Å²) in [6, 6.07) is 5.18. The molecule has 0 aliphatic rings. The first-order valence-electron chi connectivity index (χ1n) is 4.94. The predicted molar refractivity (Wildman–Crippen MR) is 59.7 cm³/mol. The van der Waals surface area contributed by atoms with Crippen LogP contribution in [0.5, 0.6) is 0 Å². The van der Waals surface area contributed by atoms with E-state index in [1.54, 1.807) is 19.1 Å². The van der Waals surface area contributed by atoms with Crippen molar-refractivity contribution >= 4 is 10.1 Å². The average Bonchev–Trinajstić information content (AvgIpc) is 2.15. The Morgan fingerprint density at radius 3 is 2.47 bits per heavy atom. The molecule has 0 radical (unpaired) electrons. The van der Waals surface area contributed by atoms with Crippen LogP contribution in [0.15, 0.2) is 23.1 Å². The maximum Gasteiger partial charge on any atom is 0.294 e. The van der Waals surface area contributed by atoms with E-state index in [0.29, 0.717) is 11.5 Å². The summed E-state index contributed by atoms with van der Waals surface area (Å²) in [5.74, 6) is 0.297. The molecule has 3 nitrogen and oxygen atoms in total. The van der Waals surface area contributed by atoms with Crippen molar-refractivity contribution in [2.24, 2.45) is 0 Å². The Morgan fingerprint density at radius 1 is 1.40 bits per heavy atom. The molecule has 84 valence electrons. The minimum atomic E-state index is -4.10. The Hall–Kier alpha value is -0.870. The van der Waals surface area contributed by atoms with Crippen molar-refractivity contribution in [2.75, 3.05) is 0 Å². The van der Waals surface area contributed by atoms with Gasteiger partial charge >= 0.3 is 0 Å². The highest BCUT2D eigenvalue weighted by Crippen LogP contribution is 2.23. The molecule has 0 heterocycles. The van der Waals surface area contributed by atoms with E-state index in [-0.39, 0.29) is 4.90 Å². The van der Waals surface area contributed by atoms with Gasteiger partial charge in [0.1, 0.15) is 0 Å². The van der Waals surface area contributed by atoms with E-state index in [2.05, 4.69) is 0 Å². The third-order valence-electron chi connectivity index (χ3n) is 2.67. The van der Waals surface area contributed by atoms with Gasteiger partial charge in [0.15, 0.2) is 0 Å². The van der Waals surface area contributed by atoms with Crippen LogP contribution < -0.4 is 0 Å². The van der Waals surface area contributed by atoms with Crippen molar-refractivity contribution in [2.45, 2.75) is 38.0 Å². The van der Waals surface area contributed by atoms with Crippen LogP contribution in [0.4, 0.5) is 0 Å². The van der Waals surface area contributed by atoms with Crippen molar-refractivity contribution in [1.82, 2.24) is 0 Å². The van der Waals surface area contributed by atoms with E-state index in [1.807, 2.05) is 19.9 Å². The fraction of sp³-hybridized carbons (Fsp3) is 0.455. The summed E-state index contributed by atoms with van der Waals surface area (Å²) < 4.78 is 31.2. The topological polar surface area (TPSA) is 54.4 Å².